The van der Waals surface area contributed by atoms with E-state index < -0.39 is 21.8 Å². The molecule has 2 heterocycles. The van der Waals surface area contributed by atoms with E-state index in [0.29, 0.717) is 18.4 Å². The number of nitrogens with zero attached hydrogens (tertiary/aromatic N) is 1. The van der Waals surface area contributed by atoms with Crippen molar-refractivity contribution >= 4 is 15.7 Å². The summed E-state index contributed by atoms with van der Waals surface area (Å²) in [6.45, 7) is 0.107. The highest BCUT2D eigenvalue weighted by Gasteiger charge is 2.40. The van der Waals surface area contributed by atoms with Crippen LogP contribution < -0.4 is 5.32 Å². The molecule has 1 aromatic carbocycles. The Hall–Kier alpha value is -1.47. The Bertz CT molecular complexity index is 662. The predicted molar refractivity (Wildman–Crippen MR) is 75.7 cm³/mol. The Labute approximate surface area is 123 Å². The summed E-state index contributed by atoms with van der Waals surface area (Å²) in [6.07, 6.45) is 0.593. The molecule has 2 aliphatic rings. The van der Waals surface area contributed by atoms with Crippen LogP contribution in [0.3, 0.4) is 0 Å². The van der Waals surface area contributed by atoms with Gasteiger partial charge >= 0.3 is 0 Å². The number of carbonyl (C=O) groups excluding carboxylic acids is 1. The molecular weight excluding hydrogens is 295 g/mol. The summed E-state index contributed by atoms with van der Waals surface area (Å²) in [4.78, 5) is 13.6. The molecule has 21 heavy (non-hydrogen) atoms. The van der Waals surface area contributed by atoms with Gasteiger partial charge in [0.1, 0.15) is 12.0 Å². The van der Waals surface area contributed by atoms with Gasteiger partial charge in [0.2, 0.25) is 5.91 Å². The summed E-state index contributed by atoms with van der Waals surface area (Å²) >= 11 is 0. The second-order valence-corrected chi connectivity index (χ2v) is 7.75. The van der Waals surface area contributed by atoms with Crippen molar-refractivity contribution in [3.05, 3.63) is 35.6 Å². The SMILES string of the molecule is O=C1CNC(c2ccccc2F)N1C1CCCS(=O)(=O)C1. The maximum Gasteiger partial charge on any atom is 0.238 e. The van der Waals surface area contributed by atoms with Crippen LogP contribution in [0, 0.1) is 5.82 Å². The van der Waals surface area contributed by atoms with Crippen molar-refractivity contribution in [2.45, 2.75) is 25.0 Å². The van der Waals surface area contributed by atoms with Crippen LogP contribution in [0.25, 0.3) is 0 Å². The number of halogens is 1. The summed E-state index contributed by atoms with van der Waals surface area (Å²) in [5.41, 5.74) is 0.381. The molecule has 0 bridgehead atoms. The molecular formula is C14H17FN2O3S. The fourth-order valence-corrected chi connectivity index (χ4v) is 4.79. The summed E-state index contributed by atoms with van der Waals surface area (Å²) in [7, 11) is -3.12. The van der Waals surface area contributed by atoms with Gasteiger partial charge in [-0.1, -0.05) is 18.2 Å². The fraction of sp³-hybridized carbons (Fsp3) is 0.500. The van der Waals surface area contributed by atoms with Gasteiger partial charge in [-0.25, -0.2) is 12.8 Å². The van der Waals surface area contributed by atoms with E-state index in [9.17, 15) is 17.6 Å². The molecule has 1 N–H and O–H groups in total. The van der Waals surface area contributed by atoms with Gasteiger partial charge in [-0.2, -0.15) is 0 Å². The van der Waals surface area contributed by atoms with Gasteiger partial charge in [0.05, 0.1) is 18.1 Å². The molecule has 2 aliphatic heterocycles. The maximum absolute atomic E-state index is 14.0. The highest BCUT2D eigenvalue weighted by Crippen LogP contribution is 2.30. The summed E-state index contributed by atoms with van der Waals surface area (Å²) in [6, 6.07) is 5.88. The second kappa shape index (κ2) is 5.38. The number of nitrogens with one attached hydrogen (secondary N) is 1. The molecule has 2 fully saturated rings. The second-order valence-electron chi connectivity index (χ2n) is 5.52. The van der Waals surface area contributed by atoms with Crippen LogP contribution in [0.2, 0.25) is 0 Å². The average molecular weight is 312 g/mol. The summed E-state index contributed by atoms with van der Waals surface area (Å²) in [5, 5.41) is 2.98. The zero-order valence-corrected chi connectivity index (χ0v) is 12.3. The van der Waals surface area contributed by atoms with E-state index in [4.69, 9.17) is 0 Å². The van der Waals surface area contributed by atoms with E-state index >= 15 is 0 Å². The highest BCUT2D eigenvalue weighted by molar-refractivity contribution is 7.91. The molecule has 0 saturated carbocycles. The molecule has 7 heteroatoms. The monoisotopic (exact) mass is 312 g/mol. The van der Waals surface area contributed by atoms with Crippen LogP contribution in [0.5, 0.6) is 0 Å². The lowest BCUT2D eigenvalue weighted by Crippen LogP contribution is -2.46. The van der Waals surface area contributed by atoms with E-state index in [-0.39, 0.29) is 30.0 Å². The zero-order chi connectivity index (χ0) is 15.0. The number of rotatable bonds is 2. The number of hydrogen-bond donors (Lipinski definition) is 1. The molecule has 1 amide bonds. The molecule has 2 atom stereocenters. The lowest BCUT2D eigenvalue weighted by atomic mass is 10.1. The Morgan fingerprint density at radius 3 is 2.76 bits per heavy atom. The van der Waals surface area contributed by atoms with Gasteiger partial charge < -0.3 is 4.90 Å². The van der Waals surface area contributed by atoms with Crippen molar-refractivity contribution in [1.29, 1.82) is 0 Å². The van der Waals surface area contributed by atoms with Crippen LogP contribution in [0.15, 0.2) is 24.3 Å². The minimum atomic E-state index is -3.12. The molecule has 1 aromatic rings. The number of amides is 1. The molecule has 5 nitrogen and oxygen atoms in total. The quantitative estimate of drug-likeness (QED) is 0.878. The Morgan fingerprint density at radius 1 is 1.29 bits per heavy atom. The van der Waals surface area contributed by atoms with Gasteiger partial charge in [0.15, 0.2) is 9.84 Å². The minimum Gasteiger partial charge on any atom is -0.318 e. The number of hydrogen-bond acceptors (Lipinski definition) is 4. The molecule has 0 aliphatic carbocycles. The summed E-state index contributed by atoms with van der Waals surface area (Å²) < 4.78 is 37.6. The minimum absolute atomic E-state index is 0.0363. The lowest BCUT2D eigenvalue weighted by molar-refractivity contribution is -0.130. The maximum atomic E-state index is 14.0. The van der Waals surface area contributed by atoms with Crippen LogP contribution in [-0.2, 0) is 14.6 Å². The van der Waals surface area contributed by atoms with E-state index in [2.05, 4.69) is 5.32 Å². The highest BCUT2D eigenvalue weighted by atomic mass is 32.2. The normalized spacial score (nSPS) is 28.8. The third kappa shape index (κ3) is 2.80. The van der Waals surface area contributed by atoms with Crippen molar-refractivity contribution < 1.29 is 17.6 Å². The summed E-state index contributed by atoms with van der Waals surface area (Å²) in [5.74, 6) is -0.437. The molecule has 0 radical (unpaired) electrons. The van der Waals surface area contributed by atoms with Crippen LogP contribution in [0.1, 0.15) is 24.6 Å². The van der Waals surface area contributed by atoms with Gasteiger partial charge in [0, 0.05) is 11.6 Å². The Balaban J connectivity index is 1.91. The lowest BCUT2D eigenvalue weighted by Gasteiger charge is -2.35. The van der Waals surface area contributed by atoms with Crippen molar-refractivity contribution in [1.82, 2.24) is 10.2 Å². The van der Waals surface area contributed by atoms with Crippen molar-refractivity contribution in [3.8, 4) is 0 Å². The van der Waals surface area contributed by atoms with Crippen molar-refractivity contribution in [3.63, 3.8) is 0 Å². The van der Waals surface area contributed by atoms with E-state index in [1.807, 2.05) is 0 Å². The van der Waals surface area contributed by atoms with E-state index in [1.165, 1.54) is 11.0 Å². The van der Waals surface area contributed by atoms with Gasteiger partial charge in [-0.3, -0.25) is 10.1 Å². The van der Waals surface area contributed by atoms with Crippen LogP contribution in [-0.4, -0.2) is 43.3 Å². The molecule has 0 aromatic heterocycles. The molecule has 2 saturated heterocycles. The third-order valence-electron chi connectivity index (χ3n) is 4.05. The number of carbonyl (C=O) groups is 1. The first-order valence-electron chi connectivity index (χ1n) is 6.97. The topological polar surface area (TPSA) is 66.5 Å². The largest absolute Gasteiger partial charge is 0.318 e. The van der Waals surface area contributed by atoms with Gasteiger partial charge in [-0.15, -0.1) is 0 Å². The third-order valence-corrected chi connectivity index (χ3v) is 5.85. The molecule has 114 valence electrons. The first-order valence-corrected chi connectivity index (χ1v) is 8.79. The zero-order valence-electron chi connectivity index (χ0n) is 11.5. The molecule has 0 spiro atoms. The molecule has 2 unspecified atom stereocenters. The van der Waals surface area contributed by atoms with Crippen LogP contribution in [0.4, 0.5) is 4.39 Å². The van der Waals surface area contributed by atoms with Crippen molar-refractivity contribution in [2.24, 2.45) is 0 Å². The standard InChI is InChI=1S/C14H17FN2O3S/c15-12-6-2-1-5-11(12)14-16-8-13(18)17(14)10-4-3-7-21(19,20)9-10/h1-2,5-6,10,14,16H,3-4,7-9H2. The van der Waals surface area contributed by atoms with E-state index in [1.54, 1.807) is 18.2 Å². The first-order chi connectivity index (χ1) is 9.98. The van der Waals surface area contributed by atoms with Crippen molar-refractivity contribution in [2.75, 3.05) is 18.1 Å². The smallest absolute Gasteiger partial charge is 0.238 e. The Morgan fingerprint density at radius 2 is 2.05 bits per heavy atom. The van der Waals surface area contributed by atoms with Crippen LogP contribution >= 0.6 is 0 Å². The fourth-order valence-electron chi connectivity index (χ4n) is 3.11. The number of sulfone groups is 1. The molecule has 3 rings (SSSR count). The first kappa shape index (κ1) is 14.5. The average Bonchev–Trinajstić information content (AvgIpc) is 2.80. The predicted octanol–water partition coefficient (Wildman–Crippen LogP) is 0.833. The van der Waals surface area contributed by atoms with E-state index in [0.717, 1.165) is 0 Å². The Kier molecular flexibility index (Phi) is 3.71. The van der Waals surface area contributed by atoms with Gasteiger partial charge in [-0.05, 0) is 18.9 Å². The number of benzene rings is 1. The van der Waals surface area contributed by atoms with Gasteiger partial charge in [0.25, 0.3) is 0 Å².